The number of rotatable bonds is 2. The molecule has 2 N–H and O–H groups in total. The molecule has 0 spiro atoms. The number of hydrogen-bond donors (Lipinski definition) is 1. The second-order valence-corrected chi connectivity index (χ2v) is 6.21. The van der Waals surface area contributed by atoms with Gasteiger partial charge in [0.15, 0.2) is 11.8 Å². The summed E-state index contributed by atoms with van der Waals surface area (Å²) >= 11 is 12.1. The third-order valence-electron chi connectivity index (χ3n) is 2.76. The summed E-state index contributed by atoms with van der Waals surface area (Å²) in [4.78, 5) is 14.5. The Balaban J connectivity index is 2.33. The largest absolute Gasteiger partial charge is 0.304 e. The van der Waals surface area contributed by atoms with Crippen molar-refractivity contribution in [1.82, 2.24) is 15.0 Å². The molecule has 0 saturated heterocycles. The van der Waals surface area contributed by atoms with Gasteiger partial charge in [-0.2, -0.15) is 0 Å². The molecular weight excluding hydrogens is 319 g/mol. The molecular formula is C12H9Cl2N4OS+. The number of benzene rings is 1. The van der Waals surface area contributed by atoms with Crippen molar-refractivity contribution >= 4 is 45.2 Å². The van der Waals surface area contributed by atoms with Crippen LogP contribution in [0.3, 0.4) is 0 Å². The van der Waals surface area contributed by atoms with E-state index in [1.165, 1.54) is 6.26 Å². The van der Waals surface area contributed by atoms with E-state index in [9.17, 15) is 4.21 Å². The minimum absolute atomic E-state index is 0.245. The van der Waals surface area contributed by atoms with Crippen LogP contribution in [0.15, 0.2) is 29.7 Å². The van der Waals surface area contributed by atoms with Crippen molar-refractivity contribution in [3.05, 3.63) is 34.6 Å². The number of hydrogen-bond acceptors (Lipinski definition) is 3. The fraction of sp³-hybridized carbons (Fsp3) is 0.0833. The summed E-state index contributed by atoms with van der Waals surface area (Å²) in [6, 6.07) is 5.14. The van der Waals surface area contributed by atoms with Crippen LogP contribution in [0.25, 0.3) is 22.4 Å². The zero-order valence-corrected chi connectivity index (χ0v) is 12.6. The number of aromatic nitrogens is 4. The summed E-state index contributed by atoms with van der Waals surface area (Å²) in [5.41, 5.74) is 2.56. The first-order valence-corrected chi connectivity index (χ1v) is 7.93. The van der Waals surface area contributed by atoms with E-state index in [1.807, 2.05) is 0 Å². The molecule has 3 rings (SSSR count). The number of imidazole rings is 1. The van der Waals surface area contributed by atoms with Crippen LogP contribution in [0, 0.1) is 0 Å². The molecule has 1 atom stereocenters. The minimum Gasteiger partial charge on any atom is -0.272 e. The molecule has 0 fully saturated rings. The molecule has 0 bridgehead atoms. The molecule has 0 saturated carbocycles. The smallest absolute Gasteiger partial charge is 0.272 e. The SMILES string of the molecule is CS(=O)c1nc(-c2ccc(Cl)cc2Cl)c2[nH]c[nH+]c2n1. The number of fused-ring (bicyclic) bond motifs is 1. The van der Waals surface area contributed by atoms with Crippen LogP contribution < -0.4 is 4.98 Å². The van der Waals surface area contributed by atoms with Crippen LogP contribution in [-0.4, -0.2) is 25.4 Å². The van der Waals surface area contributed by atoms with E-state index >= 15 is 0 Å². The molecule has 5 nitrogen and oxygen atoms in total. The Bertz CT molecular complexity index is 833. The summed E-state index contributed by atoms with van der Waals surface area (Å²) in [6.45, 7) is 0. The molecule has 1 unspecified atom stereocenters. The number of H-pyrrole nitrogens is 2. The number of aromatic amines is 2. The molecule has 8 heteroatoms. The van der Waals surface area contributed by atoms with Crippen molar-refractivity contribution in [2.75, 3.05) is 6.26 Å². The van der Waals surface area contributed by atoms with E-state index < -0.39 is 10.8 Å². The number of halogens is 2. The average Bonchev–Trinajstić information content (AvgIpc) is 2.86. The Labute approximate surface area is 126 Å². The summed E-state index contributed by atoms with van der Waals surface area (Å²) in [5, 5.41) is 1.26. The summed E-state index contributed by atoms with van der Waals surface area (Å²) in [6.07, 6.45) is 3.16. The van der Waals surface area contributed by atoms with Gasteiger partial charge in [0.1, 0.15) is 16.5 Å². The summed E-state index contributed by atoms with van der Waals surface area (Å²) in [7, 11) is -1.29. The van der Waals surface area contributed by atoms with E-state index in [-0.39, 0.29) is 5.16 Å². The lowest BCUT2D eigenvalue weighted by Gasteiger charge is -2.04. The van der Waals surface area contributed by atoms with E-state index in [1.54, 1.807) is 24.5 Å². The standard InChI is InChI=1S/C12H8Cl2N4OS/c1-20(19)12-17-9(10-11(18-12)16-5-15-10)7-3-2-6(13)4-8(7)14/h2-5H,1H3,(H,15,16,17,18)/p+1. The van der Waals surface area contributed by atoms with E-state index in [4.69, 9.17) is 23.2 Å². The topological polar surface area (TPSA) is 72.8 Å². The molecule has 0 amide bonds. The molecule has 0 aliphatic heterocycles. The first kappa shape index (κ1) is 13.5. The van der Waals surface area contributed by atoms with Crippen LogP contribution in [-0.2, 0) is 10.8 Å². The predicted octanol–water partition coefficient (Wildman–Crippen LogP) is 2.48. The van der Waals surface area contributed by atoms with Gasteiger partial charge in [0.05, 0.1) is 5.02 Å². The van der Waals surface area contributed by atoms with Gasteiger partial charge in [-0.05, 0) is 18.2 Å². The van der Waals surface area contributed by atoms with Crippen LogP contribution in [0.2, 0.25) is 10.0 Å². The molecule has 0 aliphatic carbocycles. The van der Waals surface area contributed by atoms with Crippen molar-refractivity contribution in [3.8, 4) is 11.3 Å². The zero-order chi connectivity index (χ0) is 14.3. The molecule has 2 aromatic heterocycles. The lowest BCUT2D eigenvalue weighted by molar-refractivity contribution is -0.347. The fourth-order valence-electron chi connectivity index (χ4n) is 1.86. The third kappa shape index (κ3) is 2.30. The Kier molecular flexibility index (Phi) is 3.45. The predicted molar refractivity (Wildman–Crippen MR) is 78.2 cm³/mol. The summed E-state index contributed by atoms with van der Waals surface area (Å²) in [5.74, 6) is 0. The maximum absolute atomic E-state index is 11.6. The van der Waals surface area contributed by atoms with Crippen LogP contribution in [0.5, 0.6) is 0 Å². The van der Waals surface area contributed by atoms with E-state index in [2.05, 4.69) is 19.9 Å². The highest BCUT2D eigenvalue weighted by Crippen LogP contribution is 2.32. The first-order valence-electron chi connectivity index (χ1n) is 5.62. The van der Waals surface area contributed by atoms with E-state index in [0.717, 1.165) is 0 Å². The number of nitrogens with one attached hydrogen (secondary N) is 2. The van der Waals surface area contributed by atoms with E-state index in [0.29, 0.717) is 32.5 Å². The molecule has 3 aromatic rings. The van der Waals surface area contributed by atoms with Gasteiger partial charge < -0.3 is 0 Å². The van der Waals surface area contributed by atoms with Gasteiger partial charge in [-0.25, -0.2) is 14.2 Å². The van der Waals surface area contributed by atoms with Gasteiger partial charge >= 0.3 is 5.65 Å². The van der Waals surface area contributed by atoms with Crippen molar-refractivity contribution in [2.24, 2.45) is 0 Å². The lowest BCUT2D eigenvalue weighted by atomic mass is 10.1. The Morgan fingerprint density at radius 2 is 2.10 bits per heavy atom. The van der Waals surface area contributed by atoms with Crippen molar-refractivity contribution in [3.63, 3.8) is 0 Å². The fourth-order valence-corrected chi connectivity index (χ4v) is 2.80. The van der Waals surface area contributed by atoms with Crippen LogP contribution in [0.1, 0.15) is 0 Å². The summed E-state index contributed by atoms with van der Waals surface area (Å²) < 4.78 is 11.6. The first-order chi connectivity index (χ1) is 9.56. The number of nitrogens with zero attached hydrogens (tertiary/aromatic N) is 2. The Morgan fingerprint density at radius 1 is 1.30 bits per heavy atom. The molecule has 0 aliphatic rings. The van der Waals surface area contributed by atoms with Crippen LogP contribution in [0.4, 0.5) is 0 Å². The molecule has 20 heavy (non-hydrogen) atoms. The third-order valence-corrected chi connectivity index (χ3v) is 4.00. The van der Waals surface area contributed by atoms with Gasteiger partial charge in [0.25, 0.3) is 5.16 Å². The second kappa shape index (κ2) is 5.12. The van der Waals surface area contributed by atoms with Gasteiger partial charge in [0.2, 0.25) is 0 Å². The Hall–Kier alpha value is -1.50. The maximum atomic E-state index is 11.6. The Morgan fingerprint density at radius 3 is 2.80 bits per heavy atom. The zero-order valence-electron chi connectivity index (χ0n) is 10.3. The molecule has 0 radical (unpaired) electrons. The molecule has 1 aromatic carbocycles. The monoisotopic (exact) mass is 327 g/mol. The van der Waals surface area contributed by atoms with Crippen molar-refractivity contribution in [1.29, 1.82) is 0 Å². The quantitative estimate of drug-likeness (QED) is 0.735. The second-order valence-electron chi connectivity index (χ2n) is 4.09. The van der Waals surface area contributed by atoms with Crippen molar-refractivity contribution in [2.45, 2.75) is 5.16 Å². The molecule has 102 valence electrons. The average molecular weight is 328 g/mol. The highest BCUT2D eigenvalue weighted by atomic mass is 35.5. The van der Waals surface area contributed by atoms with Crippen molar-refractivity contribution < 1.29 is 9.19 Å². The van der Waals surface area contributed by atoms with Gasteiger partial charge in [-0.15, -0.1) is 0 Å². The van der Waals surface area contributed by atoms with Gasteiger partial charge in [0, 0.05) is 16.8 Å². The highest BCUT2D eigenvalue weighted by Gasteiger charge is 2.20. The van der Waals surface area contributed by atoms with Crippen LogP contribution >= 0.6 is 23.2 Å². The molecule has 2 heterocycles. The maximum Gasteiger partial charge on any atom is 0.304 e. The minimum atomic E-state index is -1.29. The highest BCUT2D eigenvalue weighted by molar-refractivity contribution is 7.84. The van der Waals surface area contributed by atoms with Gasteiger partial charge in [-0.3, -0.25) is 4.98 Å². The van der Waals surface area contributed by atoms with Gasteiger partial charge in [-0.1, -0.05) is 28.2 Å². The lowest BCUT2D eigenvalue weighted by Crippen LogP contribution is -2.05. The normalized spacial score (nSPS) is 12.8.